The molecular weight excluding hydrogens is 226 g/mol. The van der Waals surface area contributed by atoms with Crippen molar-refractivity contribution in [2.75, 3.05) is 6.61 Å². The third-order valence-electron chi connectivity index (χ3n) is 2.65. The monoisotopic (exact) mass is 240 g/mol. The van der Waals surface area contributed by atoms with Gasteiger partial charge in [-0.15, -0.1) is 0 Å². The highest BCUT2D eigenvalue weighted by Gasteiger charge is 2.19. The molecule has 6 heteroatoms. The number of rotatable bonds is 3. The molecule has 4 nitrogen and oxygen atoms in total. The molecule has 2 N–H and O–H groups in total. The highest BCUT2D eigenvalue weighted by molar-refractivity contribution is 6.58. The third kappa shape index (κ3) is 3.18. The normalized spacial score (nSPS) is 20.1. The van der Waals surface area contributed by atoms with Crippen LogP contribution in [0.25, 0.3) is 0 Å². The molecular formula is C11H14BFO4. The second-order valence-electron chi connectivity index (χ2n) is 3.98. The van der Waals surface area contributed by atoms with Crippen LogP contribution in [0.5, 0.6) is 5.75 Å². The zero-order chi connectivity index (χ0) is 12.3. The van der Waals surface area contributed by atoms with Gasteiger partial charge in [-0.25, -0.2) is 4.39 Å². The third-order valence-corrected chi connectivity index (χ3v) is 2.65. The predicted octanol–water partition coefficient (Wildman–Crippen LogP) is 0.411. The summed E-state index contributed by atoms with van der Waals surface area (Å²) in [7, 11) is -1.63. The van der Waals surface area contributed by atoms with Crippen LogP contribution in [0.15, 0.2) is 18.2 Å². The molecule has 1 heterocycles. The summed E-state index contributed by atoms with van der Waals surface area (Å²) >= 11 is 0. The van der Waals surface area contributed by atoms with E-state index >= 15 is 0 Å². The van der Waals surface area contributed by atoms with Gasteiger partial charge in [0.1, 0.15) is 0 Å². The molecule has 0 unspecified atom stereocenters. The zero-order valence-corrected chi connectivity index (χ0v) is 9.30. The van der Waals surface area contributed by atoms with Gasteiger partial charge in [0.25, 0.3) is 0 Å². The maximum absolute atomic E-state index is 13.4. The van der Waals surface area contributed by atoms with Gasteiger partial charge in [0, 0.05) is 6.42 Å². The van der Waals surface area contributed by atoms with Crippen molar-refractivity contribution in [2.45, 2.75) is 25.6 Å². The maximum Gasteiger partial charge on any atom is 0.488 e. The second-order valence-corrected chi connectivity index (χ2v) is 3.98. The summed E-state index contributed by atoms with van der Waals surface area (Å²) in [4.78, 5) is 0. The van der Waals surface area contributed by atoms with Crippen LogP contribution in [-0.4, -0.2) is 30.1 Å². The lowest BCUT2D eigenvalue weighted by atomic mass is 9.80. The molecule has 0 aromatic heterocycles. The first kappa shape index (κ1) is 12.4. The van der Waals surface area contributed by atoms with E-state index in [0.717, 1.165) is 18.9 Å². The van der Waals surface area contributed by atoms with Crippen LogP contribution in [0.1, 0.15) is 19.3 Å². The molecule has 0 aliphatic carbocycles. The average molecular weight is 240 g/mol. The molecule has 0 radical (unpaired) electrons. The molecule has 1 aromatic rings. The van der Waals surface area contributed by atoms with Gasteiger partial charge in [-0.1, -0.05) is 6.07 Å². The van der Waals surface area contributed by atoms with Crippen LogP contribution < -0.4 is 10.2 Å². The highest BCUT2D eigenvalue weighted by atomic mass is 19.1. The highest BCUT2D eigenvalue weighted by Crippen LogP contribution is 2.21. The first-order valence-electron chi connectivity index (χ1n) is 5.60. The minimum atomic E-state index is -1.63. The largest absolute Gasteiger partial charge is 0.488 e. The summed E-state index contributed by atoms with van der Waals surface area (Å²) in [6, 6.07) is 3.72. The van der Waals surface area contributed by atoms with E-state index in [1.807, 2.05) is 0 Å². The Bertz CT molecular complexity index is 380. The fraction of sp³-hybridized carbons (Fsp3) is 0.455. The minimum Gasteiger partial charge on any atom is -0.462 e. The van der Waals surface area contributed by atoms with Crippen LogP contribution in [0.4, 0.5) is 4.39 Å². The molecule has 1 aromatic carbocycles. The molecule has 0 amide bonds. The summed E-state index contributed by atoms with van der Waals surface area (Å²) in [5, 5.41) is 18.0. The predicted molar refractivity (Wildman–Crippen MR) is 60.4 cm³/mol. The Morgan fingerprint density at radius 1 is 1.35 bits per heavy atom. The van der Waals surface area contributed by atoms with E-state index in [4.69, 9.17) is 19.5 Å². The topological polar surface area (TPSA) is 58.9 Å². The SMILES string of the molecule is OB(O)c1ccc(F)c(O[C@H]2CCCCO2)c1. The zero-order valence-electron chi connectivity index (χ0n) is 9.30. The number of benzene rings is 1. The summed E-state index contributed by atoms with van der Waals surface area (Å²) in [5.74, 6) is -0.550. The lowest BCUT2D eigenvalue weighted by Crippen LogP contribution is -2.31. The van der Waals surface area contributed by atoms with Crippen molar-refractivity contribution in [3.05, 3.63) is 24.0 Å². The van der Waals surface area contributed by atoms with E-state index in [1.165, 1.54) is 12.1 Å². The van der Waals surface area contributed by atoms with E-state index in [-0.39, 0.29) is 11.2 Å². The molecule has 0 spiro atoms. The van der Waals surface area contributed by atoms with Crippen LogP contribution in [0.3, 0.4) is 0 Å². The fourth-order valence-electron chi connectivity index (χ4n) is 1.72. The second kappa shape index (κ2) is 5.49. The van der Waals surface area contributed by atoms with Crippen molar-refractivity contribution in [1.29, 1.82) is 0 Å². The summed E-state index contributed by atoms with van der Waals surface area (Å²) in [6.45, 7) is 0.606. The van der Waals surface area contributed by atoms with Crippen molar-refractivity contribution in [1.82, 2.24) is 0 Å². The van der Waals surface area contributed by atoms with E-state index in [9.17, 15) is 4.39 Å². The van der Waals surface area contributed by atoms with E-state index in [0.29, 0.717) is 13.0 Å². The molecule has 1 fully saturated rings. The molecule has 1 aliphatic rings. The van der Waals surface area contributed by atoms with Gasteiger partial charge >= 0.3 is 7.12 Å². The van der Waals surface area contributed by atoms with Crippen molar-refractivity contribution < 1.29 is 23.9 Å². The van der Waals surface area contributed by atoms with Crippen molar-refractivity contribution >= 4 is 12.6 Å². The van der Waals surface area contributed by atoms with Gasteiger partial charge in [-0.3, -0.25) is 0 Å². The minimum absolute atomic E-state index is 0.0116. The van der Waals surface area contributed by atoms with Crippen molar-refractivity contribution in [3.63, 3.8) is 0 Å². The van der Waals surface area contributed by atoms with E-state index in [1.54, 1.807) is 0 Å². The Labute approximate surface area is 99.1 Å². The molecule has 2 rings (SSSR count). The maximum atomic E-state index is 13.4. The van der Waals surface area contributed by atoms with Gasteiger partial charge in [0.15, 0.2) is 17.9 Å². The molecule has 0 saturated carbocycles. The summed E-state index contributed by atoms with van der Waals surface area (Å²) < 4.78 is 24.1. The standard InChI is InChI=1S/C11H14BFO4/c13-9-5-4-8(12(14)15)7-10(9)17-11-3-1-2-6-16-11/h4-5,7,11,14-15H,1-3,6H2/t11-/m0/s1. The Kier molecular flexibility index (Phi) is 3.99. The van der Waals surface area contributed by atoms with Gasteiger partial charge < -0.3 is 19.5 Å². The van der Waals surface area contributed by atoms with Crippen molar-refractivity contribution in [3.8, 4) is 5.75 Å². The van der Waals surface area contributed by atoms with Gasteiger partial charge in [-0.05, 0) is 30.4 Å². The van der Waals surface area contributed by atoms with Crippen LogP contribution >= 0.6 is 0 Å². The molecule has 17 heavy (non-hydrogen) atoms. The Balaban J connectivity index is 2.10. The molecule has 1 atom stereocenters. The van der Waals surface area contributed by atoms with E-state index in [2.05, 4.69) is 0 Å². The Hall–Kier alpha value is -1.11. The molecule has 1 aliphatic heterocycles. The van der Waals surface area contributed by atoms with E-state index < -0.39 is 19.2 Å². The van der Waals surface area contributed by atoms with Crippen LogP contribution in [-0.2, 0) is 4.74 Å². The van der Waals surface area contributed by atoms with Crippen molar-refractivity contribution in [2.24, 2.45) is 0 Å². The number of halogens is 1. The molecule has 1 saturated heterocycles. The summed E-state index contributed by atoms with van der Waals surface area (Å²) in [5.41, 5.74) is 0.192. The fourth-order valence-corrected chi connectivity index (χ4v) is 1.72. The van der Waals surface area contributed by atoms with Gasteiger partial charge in [0.2, 0.25) is 0 Å². The first-order chi connectivity index (χ1) is 8.16. The van der Waals surface area contributed by atoms with Crippen LogP contribution in [0.2, 0.25) is 0 Å². The summed E-state index contributed by atoms with van der Waals surface area (Å²) in [6.07, 6.45) is 2.22. The molecule has 0 bridgehead atoms. The van der Waals surface area contributed by atoms with Crippen LogP contribution in [0, 0.1) is 5.82 Å². The first-order valence-corrected chi connectivity index (χ1v) is 5.60. The Morgan fingerprint density at radius 3 is 2.82 bits per heavy atom. The number of ether oxygens (including phenoxy) is 2. The smallest absolute Gasteiger partial charge is 0.462 e. The lowest BCUT2D eigenvalue weighted by Gasteiger charge is -2.23. The average Bonchev–Trinajstić information content (AvgIpc) is 2.33. The lowest BCUT2D eigenvalue weighted by molar-refractivity contribution is -0.107. The number of hydrogen-bond donors (Lipinski definition) is 2. The van der Waals surface area contributed by atoms with Gasteiger partial charge in [0.05, 0.1) is 6.61 Å². The number of hydrogen-bond acceptors (Lipinski definition) is 4. The Morgan fingerprint density at radius 2 is 2.18 bits per heavy atom. The quantitative estimate of drug-likeness (QED) is 0.751. The van der Waals surface area contributed by atoms with Gasteiger partial charge in [-0.2, -0.15) is 0 Å². The molecule has 92 valence electrons.